The summed E-state index contributed by atoms with van der Waals surface area (Å²) in [6.45, 7) is -0.643. The van der Waals surface area contributed by atoms with E-state index in [0.29, 0.717) is 10.0 Å². The first-order chi connectivity index (χ1) is 18.6. The Morgan fingerprint density at radius 3 is 1.82 bits per heavy atom. The summed E-state index contributed by atoms with van der Waals surface area (Å²) in [5, 5.41) is 23.2. The van der Waals surface area contributed by atoms with Crippen molar-refractivity contribution in [2.75, 3.05) is 0 Å². The largest absolute Gasteiger partial charge is 0.274 e. The highest BCUT2D eigenvalue weighted by molar-refractivity contribution is 6.66. The molecular weight excluding hydrogens is 657 g/mol. The molecule has 0 unspecified atom stereocenters. The molecule has 2 aromatic rings. The van der Waals surface area contributed by atoms with Crippen molar-refractivity contribution in [1.29, 1.82) is 0 Å². The van der Waals surface area contributed by atoms with Crippen molar-refractivity contribution in [3.05, 3.63) is 90.0 Å². The fraction of sp³-hybridized carbons (Fsp3) is 0.261. The molecular formula is C23H12Cl6N4O7. The molecule has 2 fully saturated rings. The first-order valence-corrected chi connectivity index (χ1v) is 13.4. The molecule has 0 aromatic heterocycles. The molecule has 5 rings (SSSR count). The summed E-state index contributed by atoms with van der Waals surface area (Å²) in [6.07, 6.45) is 0. The molecule has 1 aliphatic heterocycles. The number of benzene rings is 2. The van der Waals surface area contributed by atoms with Crippen LogP contribution in [0.2, 0.25) is 0 Å². The van der Waals surface area contributed by atoms with Crippen LogP contribution < -0.4 is 0 Å². The number of nitrogens with zero attached hydrogens (tertiary/aromatic N) is 4. The van der Waals surface area contributed by atoms with Gasteiger partial charge in [-0.25, -0.2) is 5.01 Å². The molecule has 0 spiro atoms. The van der Waals surface area contributed by atoms with Gasteiger partial charge in [0.15, 0.2) is 4.33 Å². The predicted molar refractivity (Wildman–Crippen MR) is 145 cm³/mol. The lowest BCUT2D eigenvalue weighted by molar-refractivity contribution is -0.385. The van der Waals surface area contributed by atoms with Crippen LogP contribution >= 0.6 is 69.6 Å². The van der Waals surface area contributed by atoms with Gasteiger partial charge in [0.25, 0.3) is 29.1 Å². The van der Waals surface area contributed by atoms with E-state index in [1.54, 1.807) is 0 Å². The summed E-state index contributed by atoms with van der Waals surface area (Å²) < 4.78 is -2.21. The number of para-hydroxylation sites is 1. The Morgan fingerprint density at radius 2 is 1.35 bits per heavy atom. The minimum atomic E-state index is -2.21. The maximum absolute atomic E-state index is 13.9. The predicted octanol–water partition coefficient (Wildman–Crippen LogP) is 5.51. The van der Waals surface area contributed by atoms with E-state index in [4.69, 9.17) is 69.6 Å². The molecule has 2 aromatic carbocycles. The number of alkyl halides is 4. The van der Waals surface area contributed by atoms with Crippen LogP contribution in [-0.4, -0.2) is 51.7 Å². The summed E-state index contributed by atoms with van der Waals surface area (Å²) in [5.41, 5.74) is -0.948. The van der Waals surface area contributed by atoms with Gasteiger partial charge < -0.3 is 0 Å². The van der Waals surface area contributed by atoms with Crippen molar-refractivity contribution >= 4 is 98.7 Å². The molecule has 208 valence electrons. The zero-order chi connectivity index (χ0) is 29.5. The van der Waals surface area contributed by atoms with Crippen LogP contribution in [0.1, 0.15) is 15.9 Å². The maximum Gasteiger partial charge on any atom is 0.274 e. The average Bonchev–Trinajstić information content (AvgIpc) is 3.30. The van der Waals surface area contributed by atoms with Gasteiger partial charge in [-0.15, -0.1) is 23.2 Å². The molecule has 40 heavy (non-hydrogen) atoms. The first kappa shape index (κ1) is 28.8. The first-order valence-electron chi connectivity index (χ1n) is 11.1. The number of allylic oxidation sites excluding steroid dienone is 2. The number of nitro benzene ring substituents is 2. The van der Waals surface area contributed by atoms with E-state index in [2.05, 4.69) is 0 Å². The Kier molecular flexibility index (Phi) is 6.80. The number of amides is 3. The molecule has 17 heteroatoms. The van der Waals surface area contributed by atoms with E-state index in [-0.39, 0.29) is 26.9 Å². The van der Waals surface area contributed by atoms with Gasteiger partial charge in [-0.2, -0.15) is 5.01 Å². The summed E-state index contributed by atoms with van der Waals surface area (Å²) in [6, 6.07) is 9.64. The van der Waals surface area contributed by atoms with Crippen LogP contribution in [0.25, 0.3) is 0 Å². The Morgan fingerprint density at radius 1 is 0.850 bits per heavy atom. The smallest absolute Gasteiger partial charge is 0.272 e. The third-order valence-corrected chi connectivity index (χ3v) is 11.5. The van der Waals surface area contributed by atoms with Crippen molar-refractivity contribution in [2.24, 2.45) is 11.8 Å². The summed E-state index contributed by atoms with van der Waals surface area (Å²) in [4.78, 5) is 58.6. The van der Waals surface area contributed by atoms with E-state index >= 15 is 0 Å². The highest BCUT2D eigenvalue weighted by Gasteiger charge is 2.88. The van der Waals surface area contributed by atoms with E-state index in [9.17, 15) is 34.6 Å². The monoisotopic (exact) mass is 666 g/mol. The maximum atomic E-state index is 13.9. The Hall–Kier alpha value is -2.67. The lowest BCUT2D eigenvalue weighted by Crippen LogP contribution is -2.55. The summed E-state index contributed by atoms with van der Waals surface area (Å²) >= 11 is 39.2. The van der Waals surface area contributed by atoms with Gasteiger partial charge in [0.2, 0.25) is 0 Å². The van der Waals surface area contributed by atoms with Crippen molar-refractivity contribution in [3.63, 3.8) is 0 Å². The van der Waals surface area contributed by atoms with Crippen LogP contribution in [0.5, 0.6) is 0 Å². The SMILES string of the molecule is O=C(c1ccc([N+](=O)[O-])cc1)N(Cc1ccccc1[N+](=O)[O-])N1C(=O)[C@@H]2[C@H](C1=O)[C@@]1(Cl)C(Cl)=C(Cl)[C@@]2(Cl)C1(Cl)Cl. The number of carbonyl (C=O) groups excluding carboxylic acids is 3. The molecule has 0 radical (unpaired) electrons. The zero-order valence-electron chi connectivity index (χ0n) is 19.4. The fourth-order valence-corrected chi connectivity index (χ4v) is 8.24. The molecule has 4 atom stereocenters. The van der Waals surface area contributed by atoms with E-state index in [1.165, 1.54) is 24.3 Å². The number of hydrazine groups is 1. The van der Waals surface area contributed by atoms with Crippen molar-refractivity contribution in [3.8, 4) is 0 Å². The topological polar surface area (TPSA) is 144 Å². The second kappa shape index (κ2) is 9.43. The molecule has 11 nitrogen and oxygen atoms in total. The Balaban J connectivity index is 1.63. The molecule has 3 amide bonds. The fourth-order valence-electron chi connectivity index (χ4n) is 5.31. The minimum absolute atomic E-state index is 0.0391. The van der Waals surface area contributed by atoms with Gasteiger partial charge in [-0.3, -0.25) is 34.6 Å². The van der Waals surface area contributed by atoms with Crippen LogP contribution in [0, 0.1) is 32.1 Å². The number of non-ortho nitro benzene ring substituents is 1. The van der Waals surface area contributed by atoms with E-state index in [1.807, 2.05) is 0 Å². The Bertz CT molecular complexity index is 1520. The molecule has 1 heterocycles. The van der Waals surface area contributed by atoms with Crippen LogP contribution in [0.15, 0.2) is 58.6 Å². The molecule has 2 bridgehead atoms. The summed E-state index contributed by atoms with van der Waals surface area (Å²) in [7, 11) is 0. The molecule has 2 aliphatic carbocycles. The van der Waals surface area contributed by atoms with Crippen LogP contribution in [0.4, 0.5) is 11.4 Å². The Labute approximate surface area is 254 Å². The highest BCUT2D eigenvalue weighted by Crippen LogP contribution is 2.77. The van der Waals surface area contributed by atoms with Gasteiger partial charge in [-0.1, -0.05) is 64.6 Å². The zero-order valence-corrected chi connectivity index (χ0v) is 23.9. The number of rotatable bonds is 6. The molecule has 1 saturated heterocycles. The second-order valence-electron chi connectivity index (χ2n) is 9.12. The minimum Gasteiger partial charge on any atom is -0.272 e. The second-order valence-corrected chi connectivity index (χ2v) is 12.4. The highest BCUT2D eigenvalue weighted by atomic mass is 35.5. The van der Waals surface area contributed by atoms with E-state index in [0.717, 1.165) is 24.3 Å². The van der Waals surface area contributed by atoms with Crippen LogP contribution in [-0.2, 0) is 16.1 Å². The van der Waals surface area contributed by atoms with Gasteiger partial charge in [0, 0.05) is 23.8 Å². The number of nitro groups is 2. The van der Waals surface area contributed by atoms with Gasteiger partial charge in [-0.05, 0) is 12.1 Å². The number of hydrogen-bond acceptors (Lipinski definition) is 7. The van der Waals surface area contributed by atoms with Crippen molar-refractivity contribution in [1.82, 2.24) is 10.0 Å². The summed E-state index contributed by atoms with van der Waals surface area (Å²) in [5.74, 6) is -6.25. The van der Waals surface area contributed by atoms with Crippen LogP contribution in [0.3, 0.4) is 0 Å². The number of halogens is 6. The normalized spacial score (nSPS) is 28.2. The number of fused-ring (bicyclic) bond motifs is 5. The molecule has 3 aliphatic rings. The van der Waals surface area contributed by atoms with Crippen molar-refractivity contribution < 1.29 is 24.2 Å². The third kappa shape index (κ3) is 3.55. The molecule has 0 N–H and O–H groups in total. The van der Waals surface area contributed by atoms with E-state index < -0.39 is 65.7 Å². The van der Waals surface area contributed by atoms with Crippen molar-refractivity contribution in [2.45, 2.75) is 20.6 Å². The van der Waals surface area contributed by atoms with Gasteiger partial charge in [0.1, 0.15) is 9.75 Å². The lowest BCUT2D eigenvalue weighted by atomic mass is 9.84. The van der Waals surface area contributed by atoms with Gasteiger partial charge in [0.05, 0.1) is 43.9 Å². The lowest BCUT2D eigenvalue weighted by Gasteiger charge is -2.37. The number of hydrogen-bond donors (Lipinski definition) is 0. The number of imide groups is 1. The standard InChI is InChI=1S/C23H12Cl6N4O7/c24-16-17(25)22(27)15-14(21(16,26)23(22,28)29)19(35)31(20(15)36)30(9-11-3-1-2-4-13(11)33(39)40)18(34)10-5-7-12(8-6-10)32(37)38/h1-8,14-15H,9H2/t14-,15+,21-,22-/m1/s1. The quantitative estimate of drug-likeness (QED) is 0.171. The third-order valence-electron chi connectivity index (χ3n) is 7.19. The average molecular weight is 669 g/mol. The molecule has 1 saturated carbocycles. The number of carbonyl (C=O) groups is 3. The van der Waals surface area contributed by atoms with Gasteiger partial charge >= 0.3 is 0 Å².